The van der Waals surface area contributed by atoms with E-state index in [-0.39, 0.29) is 23.7 Å². The number of nitro benzene ring substituents is 1. The minimum absolute atomic E-state index is 0.0970. The minimum Gasteiger partial charge on any atom is -0.320 e. The van der Waals surface area contributed by atoms with Gasteiger partial charge in [-0.05, 0) is 30.7 Å². The summed E-state index contributed by atoms with van der Waals surface area (Å²) >= 11 is 0. The average Bonchev–Trinajstić information content (AvgIpc) is 2.61. The van der Waals surface area contributed by atoms with Gasteiger partial charge in [0, 0.05) is 25.6 Å². The lowest BCUT2D eigenvalue weighted by atomic mass is 10.1. The molecule has 6 heteroatoms. The van der Waals surface area contributed by atoms with Crippen molar-refractivity contribution in [1.29, 1.82) is 0 Å². The number of anilines is 1. The number of carbonyl (C=O) groups is 1. The highest BCUT2D eigenvalue weighted by molar-refractivity contribution is 5.93. The molecule has 0 saturated carbocycles. The zero-order valence-corrected chi connectivity index (χ0v) is 14.6. The monoisotopic (exact) mass is 341 g/mol. The highest BCUT2D eigenvalue weighted by Crippen LogP contribution is 2.23. The number of amides is 1. The van der Waals surface area contributed by atoms with E-state index in [2.05, 4.69) is 41.4 Å². The predicted octanol–water partition coefficient (Wildman–Crippen LogP) is 3.62. The van der Waals surface area contributed by atoms with Gasteiger partial charge in [-0.15, -0.1) is 0 Å². The molecule has 0 aromatic heterocycles. The largest absolute Gasteiger partial charge is 0.320 e. The molecule has 1 amide bonds. The molecule has 2 aromatic carbocycles. The van der Waals surface area contributed by atoms with Crippen LogP contribution in [0.15, 0.2) is 48.5 Å². The summed E-state index contributed by atoms with van der Waals surface area (Å²) in [5.41, 5.74) is 2.63. The van der Waals surface area contributed by atoms with Gasteiger partial charge in [0.15, 0.2) is 0 Å². The second-order valence-electron chi connectivity index (χ2n) is 5.98. The molecule has 0 saturated heterocycles. The number of nitrogens with one attached hydrogen (secondary N) is 1. The maximum Gasteiger partial charge on any atom is 0.292 e. The molecule has 0 bridgehead atoms. The Balaban J connectivity index is 1.84. The molecule has 0 unspecified atom stereocenters. The van der Waals surface area contributed by atoms with Crippen LogP contribution in [0.4, 0.5) is 11.4 Å². The molecule has 25 heavy (non-hydrogen) atoms. The second kappa shape index (κ2) is 8.94. The summed E-state index contributed by atoms with van der Waals surface area (Å²) in [6.45, 7) is 3.45. The molecule has 0 atom stereocenters. The molecular formula is C19H23N3O3. The Labute approximate surface area is 147 Å². The van der Waals surface area contributed by atoms with Gasteiger partial charge in [-0.1, -0.05) is 43.3 Å². The summed E-state index contributed by atoms with van der Waals surface area (Å²) < 4.78 is 0. The number of carbonyl (C=O) groups excluding carboxylic acids is 1. The Hall–Kier alpha value is -2.73. The van der Waals surface area contributed by atoms with Crippen molar-refractivity contribution in [2.24, 2.45) is 0 Å². The van der Waals surface area contributed by atoms with Crippen molar-refractivity contribution in [2.75, 3.05) is 18.9 Å². The van der Waals surface area contributed by atoms with Gasteiger partial charge in [0.1, 0.15) is 5.69 Å². The van der Waals surface area contributed by atoms with Crippen LogP contribution in [-0.4, -0.2) is 29.3 Å². The molecule has 0 aliphatic rings. The SMILES string of the molecule is CCc1ccc(CN(C)CCC(=O)Nc2ccccc2[N+](=O)[O-])cc1. The number of hydrogen-bond acceptors (Lipinski definition) is 4. The Morgan fingerprint density at radius 2 is 1.76 bits per heavy atom. The molecule has 0 spiro atoms. The van der Waals surface area contributed by atoms with E-state index >= 15 is 0 Å². The highest BCUT2D eigenvalue weighted by atomic mass is 16.6. The number of rotatable bonds is 8. The molecule has 0 radical (unpaired) electrons. The third-order valence-corrected chi connectivity index (χ3v) is 3.98. The Bertz CT molecular complexity index is 729. The molecule has 0 heterocycles. The van der Waals surface area contributed by atoms with Crippen LogP contribution < -0.4 is 5.32 Å². The van der Waals surface area contributed by atoms with Crippen molar-refractivity contribution in [3.05, 3.63) is 69.8 Å². The van der Waals surface area contributed by atoms with Crippen LogP contribution in [0.2, 0.25) is 0 Å². The lowest BCUT2D eigenvalue weighted by Gasteiger charge is -2.16. The molecule has 6 nitrogen and oxygen atoms in total. The van der Waals surface area contributed by atoms with Crippen LogP contribution >= 0.6 is 0 Å². The number of nitro groups is 1. The first-order valence-corrected chi connectivity index (χ1v) is 8.29. The third-order valence-electron chi connectivity index (χ3n) is 3.98. The van der Waals surface area contributed by atoms with Crippen LogP contribution in [-0.2, 0) is 17.8 Å². The summed E-state index contributed by atoms with van der Waals surface area (Å²) in [5, 5.41) is 13.6. The fourth-order valence-corrected chi connectivity index (χ4v) is 2.51. The lowest BCUT2D eigenvalue weighted by molar-refractivity contribution is -0.383. The first-order valence-electron chi connectivity index (χ1n) is 8.29. The van der Waals surface area contributed by atoms with Crippen LogP contribution in [0.5, 0.6) is 0 Å². The summed E-state index contributed by atoms with van der Waals surface area (Å²) in [6.07, 6.45) is 1.29. The molecule has 2 aromatic rings. The smallest absolute Gasteiger partial charge is 0.292 e. The van der Waals surface area contributed by atoms with E-state index in [1.807, 2.05) is 7.05 Å². The van der Waals surface area contributed by atoms with Gasteiger partial charge >= 0.3 is 0 Å². The van der Waals surface area contributed by atoms with Crippen LogP contribution in [0, 0.1) is 10.1 Å². The van der Waals surface area contributed by atoms with Gasteiger partial charge in [0.05, 0.1) is 4.92 Å². The van der Waals surface area contributed by atoms with E-state index in [9.17, 15) is 14.9 Å². The fourth-order valence-electron chi connectivity index (χ4n) is 2.51. The van der Waals surface area contributed by atoms with Crippen molar-refractivity contribution < 1.29 is 9.72 Å². The first-order chi connectivity index (χ1) is 12.0. The molecule has 132 valence electrons. The van der Waals surface area contributed by atoms with Crippen molar-refractivity contribution in [3.63, 3.8) is 0 Å². The summed E-state index contributed by atoms with van der Waals surface area (Å²) in [5.74, 6) is -0.234. The molecule has 0 aliphatic carbocycles. The number of aryl methyl sites for hydroxylation is 1. The zero-order chi connectivity index (χ0) is 18.2. The normalized spacial score (nSPS) is 10.7. The van der Waals surface area contributed by atoms with E-state index in [4.69, 9.17) is 0 Å². The van der Waals surface area contributed by atoms with Gasteiger partial charge in [-0.2, -0.15) is 0 Å². The standard InChI is InChI=1S/C19H23N3O3/c1-3-15-8-10-16(11-9-15)14-21(2)13-12-19(23)20-17-6-4-5-7-18(17)22(24)25/h4-11H,3,12-14H2,1-2H3,(H,20,23). The Morgan fingerprint density at radius 1 is 1.12 bits per heavy atom. The van der Waals surface area contributed by atoms with Crippen molar-refractivity contribution in [2.45, 2.75) is 26.3 Å². The number of para-hydroxylation sites is 2. The van der Waals surface area contributed by atoms with Crippen LogP contribution in [0.25, 0.3) is 0 Å². The summed E-state index contributed by atoms with van der Waals surface area (Å²) in [7, 11) is 1.95. The van der Waals surface area contributed by atoms with Gasteiger partial charge in [0.2, 0.25) is 5.91 Å². The topological polar surface area (TPSA) is 75.5 Å². The van der Waals surface area contributed by atoms with Gasteiger partial charge in [0.25, 0.3) is 5.69 Å². The predicted molar refractivity (Wildman–Crippen MR) is 98.5 cm³/mol. The van der Waals surface area contributed by atoms with E-state index in [0.717, 1.165) is 13.0 Å². The highest BCUT2D eigenvalue weighted by Gasteiger charge is 2.14. The van der Waals surface area contributed by atoms with Gasteiger partial charge in [-0.3, -0.25) is 14.9 Å². The Kier molecular flexibility index (Phi) is 6.65. The molecule has 1 N–H and O–H groups in total. The Morgan fingerprint density at radius 3 is 2.40 bits per heavy atom. The molecule has 0 aliphatic heterocycles. The fraction of sp³-hybridized carbons (Fsp3) is 0.316. The second-order valence-corrected chi connectivity index (χ2v) is 5.98. The van der Waals surface area contributed by atoms with Crippen LogP contribution in [0.1, 0.15) is 24.5 Å². The number of benzene rings is 2. The van der Waals surface area contributed by atoms with Crippen molar-refractivity contribution in [1.82, 2.24) is 4.90 Å². The molecule has 2 rings (SSSR count). The van der Waals surface area contributed by atoms with E-state index in [1.54, 1.807) is 12.1 Å². The lowest BCUT2D eigenvalue weighted by Crippen LogP contribution is -2.24. The number of nitrogens with zero attached hydrogens (tertiary/aromatic N) is 2. The maximum absolute atomic E-state index is 12.1. The maximum atomic E-state index is 12.1. The van der Waals surface area contributed by atoms with Gasteiger partial charge in [-0.25, -0.2) is 0 Å². The zero-order valence-electron chi connectivity index (χ0n) is 14.6. The third kappa shape index (κ3) is 5.69. The van der Waals surface area contributed by atoms with Crippen molar-refractivity contribution >= 4 is 17.3 Å². The minimum atomic E-state index is -0.498. The van der Waals surface area contributed by atoms with E-state index in [0.29, 0.717) is 6.54 Å². The van der Waals surface area contributed by atoms with E-state index < -0.39 is 4.92 Å². The van der Waals surface area contributed by atoms with Crippen LogP contribution in [0.3, 0.4) is 0 Å². The summed E-state index contributed by atoms with van der Waals surface area (Å²) in [4.78, 5) is 24.6. The molecule has 0 fully saturated rings. The quantitative estimate of drug-likeness (QED) is 0.588. The molecular weight excluding hydrogens is 318 g/mol. The average molecular weight is 341 g/mol. The van der Waals surface area contributed by atoms with Crippen molar-refractivity contribution in [3.8, 4) is 0 Å². The van der Waals surface area contributed by atoms with E-state index in [1.165, 1.54) is 23.3 Å². The number of hydrogen-bond donors (Lipinski definition) is 1. The van der Waals surface area contributed by atoms with Gasteiger partial charge < -0.3 is 10.2 Å². The first kappa shape index (κ1) is 18.6. The summed E-state index contributed by atoms with van der Waals surface area (Å²) in [6, 6.07) is 14.6.